The normalized spacial score (nSPS) is 19.2. The summed E-state index contributed by atoms with van der Waals surface area (Å²) in [5, 5.41) is 2.71. The number of nitrogens with zero attached hydrogens (tertiary/aromatic N) is 1. The summed E-state index contributed by atoms with van der Waals surface area (Å²) >= 11 is 3.40. The number of halogens is 1. The molecule has 0 spiro atoms. The number of carbonyl (C=O) groups is 2. The molecule has 6 heteroatoms. The highest BCUT2D eigenvalue weighted by Crippen LogP contribution is 2.23. The quantitative estimate of drug-likeness (QED) is 0.844. The zero-order valence-corrected chi connectivity index (χ0v) is 15.4. The predicted molar refractivity (Wildman–Crippen MR) is 93.5 cm³/mol. The Labute approximate surface area is 145 Å². The van der Waals surface area contributed by atoms with Gasteiger partial charge in [0.05, 0.1) is 0 Å². The van der Waals surface area contributed by atoms with E-state index >= 15 is 0 Å². The van der Waals surface area contributed by atoms with Gasteiger partial charge in [-0.05, 0) is 64.3 Å². The van der Waals surface area contributed by atoms with E-state index < -0.39 is 17.7 Å². The van der Waals surface area contributed by atoms with E-state index in [9.17, 15) is 9.59 Å². The first kappa shape index (κ1) is 17.8. The number of hydrogen-bond donors (Lipinski definition) is 1. The molecule has 1 unspecified atom stereocenters. The van der Waals surface area contributed by atoms with Crippen molar-refractivity contribution >= 4 is 33.6 Å². The number of alkyl carbamates (subject to hydrolysis) is 1. The molecule has 0 aliphatic carbocycles. The van der Waals surface area contributed by atoms with Gasteiger partial charge >= 0.3 is 6.09 Å². The summed E-state index contributed by atoms with van der Waals surface area (Å²) in [7, 11) is 0. The standard InChI is InChI=1S/C17H23BrN2O3/c1-17(2,3)23-16(22)19-14-6-4-5-11-20(15(14)21)13-9-7-12(18)8-10-13/h7-10,14H,4-6,11H2,1-3H3,(H,19,22). The Balaban J connectivity index is 2.10. The van der Waals surface area contributed by atoms with Crippen LogP contribution in [0.3, 0.4) is 0 Å². The van der Waals surface area contributed by atoms with E-state index in [4.69, 9.17) is 4.74 Å². The van der Waals surface area contributed by atoms with Crippen molar-refractivity contribution in [2.45, 2.75) is 51.7 Å². The zero-order valence-electron chi connectivity index (χ0n) is 13.8. The Hall–Kier alpha value is -1.56. The molecule has 1 atom stereocenters. The predicted octanol–water partition coefficient (Wildman–Crippen LogP) is 3.86. The van der Waals surface area contributed by atoms with Gasteiger partial charge in [-0.15, -0.1) is 0 Å². The SMILES string of the molecule is CC(C)(C)OC(=O)NC1CCCCN(c2ccc(Br)cc2)C1=O. The van der Waals surface area contributed by atoms with Gasteiger partial charge in [-0.2, -0.15) is 0 Å². The highest BCUT2D eigenvalue weighted by Gasteiger charge is 2.30. The molecule has 1 aromatic rings. The lowest BCUT2D eigenvalue weighted by molar-refractivity contribution is -0.120. The lowest BCUT2D eigenvalue weighted by Crippen LogP contribution is -2.48. The van der Waals surface area contributed by atoms with E-state index in [2.05, 4.69) is 21.2 Å². The van der Waals surface area contributed by atoms with Crippen LogP contribution in [0.1, 0.15) is 40.0 Å². The fourth-order valence-electron chi connectivity index (χ4n) is 2.50. The summed E-state index contributed by atoms with van der Waals surface area (Å²) in [4.78, 5) is 26.5. The van der Waals surface area contributed by atoms with Crippen molar-refractivity contribution in [3.8, 4) is 0 Å². The van der Waals surface area contributed by atoms with Crippen molar-refractivity contribution in [2.24, 2.45) is 0 Å². The van der Waals surface area contributed by atoms with E-state index in [1.165, 1.54) is 0 Å². The second-order valence-electron chi connectivity index (χ2n) is 6.66. The van der Waals surface area contributed by atoms with Crippen molar-refractivity contribution in [3.05, 3.63) is 28.7 Å². The number of benzene rings is 1. The Morgan fingerprint density at radius 1 is 1.26 bits per heavy atom. The summed E-state index contributed by atoms with van der Waals surface area (Å²) in [5.41, 5.74) is 0.263. The third kappa shape index (κ3) is 5.23. The smallest absolute Gasteiger partial charge is 0.408 e. The monoisotopic (exact) mass is 382 g/mol. The van der Waals surface area contributed by atoms with Crippen LogP contribution in [0, 0.1) is 0 Å². The maximum atomic E-state index is 12.8. The fraction of sp³-hybridized carbons (Fsp3) is 0.529. The molecule has 1 N–H and O–H groups in total. The molecule has 1 fully saturated rings. The van der Waals surface area contributed by atoms with Crippen molar-refractivity contribution in [3.63, 3.8) is 0 Å². The maximum absolute atomic E-state index is 12.8. The molecule has 0 bridgehead atoms. The molecule has 5 nitrogen and oxygen atoms in total. The summed E-state index contributed by atoms with van der Waals surface area (Å²) in [5.74, 6) is -0.0873. The van der Waals surface area contributed by atoms with Crippen LogP contribution in [0.2, 0.25) is 0 Å². The molecular weight excluding hydrogens is 360 g/mol. The highest BCUT2D eigenvalue weighted by molar-refractivity contribution is 9.10. The average molecular weight is 383 g/mol. The topological polar surface area (TPSA) is 58.6 Å². The Bertz CT molecular complexity index is 566. The van der Waals surface area contributed by atoms with E-state index in [1.807, 2.05) is 24.3 Å². The number of hydrogen-bond acceptors (Lipinski definition) is 3. The van der Waals surface area contributed by atoms with Gasteiger partial charge in [-0.3, -0.25) is 4.79 Å². The number of nitrogens with one attached hydrogen (secondary N) is 1. The van der Waals surface area contributed by atoms with Crippen molar-refractivity contribution in [1.82, 2.24) is 5.32 Å². The molecule has 1 aromatic carbocycles. The zero-order chi connectivity index (χ0) is 17.0. The van der Waals surface area contributed by atoms with Crippen LogP contribution in [-0.4, -0.2) is 30.2 Å². The maximum Gasteiger partial charge on any atom is 0.408 e. The van der Waals surface area contributed by atoms with Gasteiger partial charge in [0.1, 0.15) is 11.6 Å². The molecule has 0 aromatic heterocycles. The molecule has 0 saturated carbocycles. The van der Waals surface area contributed by atoms with E-state index in [0.717, 1.165) is 23.0 Å². The minimum absolute atomic E-state index is 0.0873. The van der Waals surface area contributed by atoms with Crippen LogP contribution in [0.25, 0.3) is 0 Å². The number of ether oxygens (including phenoxy) is 1. The van der Waals surface area contributed by atoms with Crippen LogP contribution in [0.4, 0.5) is 10.5 Å². The second-order valence-corrected chi connectivity index (χ2v) is 7.58. The molecule has 1 heterocycles. The van der Waals surface area contributed by atoms with E-state index in [1.54, 1.807) is 25.7 Å². The molecule has 1 saturated heterocycles. The molecule has 0 radical (unpaired) electrons. The molecule has 1 aliphatic rings. The highest BCUT2D eigenvalue weighted by atomic mass is 79.9. The van der Waals surface area contributed by atoms with Crippen LogP contribution in [-0.2, 0) is 9.53 Å². The second kappa shape index (κ2) is 7.34. The van der Waals surface area contributed by atoms with Gasteiger partial charge in [0.25, 0.3) is 0 Å². The van der Waals surface area contributed by atoms with Crippen molar-refractivity contribution in [1.29, 1.82) is 0 Å². The van der Waals surface area contributed by atoms with Crippen molar-refractivity contribution in [2.75, 3.05) is 11.4 Å². The van der Waals surface area contributed by atoms with Crippen LogP contribution in [0.15, 0.2) is 28.7 Å². The molecule has 1 aliphatic heterocycles. The molecule has 2 rings (SSSR count). The Kier molecular flexibility index (Phi) is 5.68. The van der Waals surface area contributed by atoms with Gasteiger partial charge < -0.3 is 15.0 Å². The van der Waals surface area contributed by atoms with Gasteiger partial charge in [0, 0.05) is 16.7 Å². The third-order valence-electron chi connectivity index (χ3n) is 3.52. The third-order valence-corrected chi connectivity index (χ3v) is 4.05. The number of anilines is 1. The van der Waals surface area contributed by atoms with Gasteiger partial charge in [-0.25, -0.2) is 4.79 Å². The minimum atomic E-state index is -0.580. The largest absolute Gasteiger partial charge is 0.444 e. The summed E-state index contributed by atoms with van der Waals surface area (Å²) in [6.45, 7) is 6.06. The molecule has 2 amide bonds. The summed E-state index contributed by atoms with van der Waals surface area (Å²) < 4.78 is 6.22. The van der Waals surface area contributed by atoms with Gasteiger partial charge in [0.2, 0.25) is 5.91 Å². The number of amides is 2. The first-order valence-electron chi connectivity index (χ1n) is 7.83. The first-order chi connectivity index (χ1) is 10.8. The number of carbonyl (C=O) groups excluding carboxylic acids is 2. The van der Waals surface area contributed by atoms with Crippen LogP contribution in [0.5, 0.6) is 0 Å². The van der Waals surface area contributed by atoms with Crippen LogP contribution >= 0.6 is 15.9 Å². The Morgan fingerprint density at radius 3 is 2.52 bits per heavy atom. The van der Waals surface area contributed by atoms with Crippen LogP contribution < -0.4 is 10.2 Å². The number of rotatable bonds is 2. The minimum Gasteiger partial charge on any atom is -0.444 e. The molecule has 23 heavy (non-hydrogen) atoms. The summed E-state index contributed by atoms with van der Waals surface area (Å²) in [6, 6.07) is 7.07. The molecule has 126 valence electrons. The fourth-order valence-corrected chi connectivity index (χ4v) is 2.77. The van der Waals surface area contributed by atoms with Crippen molar-refractivity contribution < 1.29 is 14.3 Å². The average Bonchev–Trinajstić information content (AvgIpc) is 2.61. The summed E-state index contributed by atoms with van der Waals surface area (Å²) in [6.07, 6.45) is 1.88. The lowest BCUT2D eigenvalue weighted by atomic mass is 10.1. The molecular formula is C17H23BrN2O3. The Morgan fingerprint density at radius 2 is 1.91 bits per heavy atom. The lowest BCUT2D eigenvalue weighted by Gasteiger charge is -2.26. The van der Waals surface area contributed by atoms with E-state index in [-0.39, 0.29) is 5.91 Å². The van der Waals surface area contributed by atoms with E-state index in [0.29, 0.717) is 13.0 Å². The first-order valence-corrected chi connectivity index (χ1v) is 8.62. The van der Waals surface area contributed by atoms with Gasteiger partial charge in [0.15, 0.2) is 0 Å². The van der Waals surface area contributed by atoms with Gasteiger partial charge in [-0.1, -0.05) is 15.9 Å².